The fourth-order valence-corrected chi connectivity index (χ4v) is 2.60. The van der Waals surface area contributed by atoms with E-state index >= 15 is 0 Å². The van der Waals surface area contributed by atoms with Gasteiger partial charge in [0.1, 0.15) is 0 Å². The van der Waals surface area contributed by atoms with Crippen molar-refractivity contribution in [2.24, 2.45) is 0 Å². The molecule has 18 heavy (non-hydrogen) atoms. The summed E-state index contributed by atoms with van der Waals surface area (Å²) >= 11 is 0. The molecule has 0 aromatic heterocycles. The summed E-state index contributed by atoms with van der Waals surface area (Å²) in [6.07, 6.45) is 1.23. The van der Waals surface area contributed by atoms with Gasteiger partial charge in [-0.1, -0.05) is 18.2 Å². The number of para-hydroxylation sites is 1. The molecule has 2 rings (SSSR count). The van der Waals surface area contributed by atoms with E-state index in [1.165, 1.54) is 18.7 Å². The van der Waals surface area contributed by atoms with Gasteiger partial charge in [-0.25, -0.2) is 0 Å². The summed E-state index contributed by atoms with van der Waals surface area (Å²) in [6, 6.07) is 11.4. The standard InChI is InChI=1S/C15H25N3/c1-3-18(14-7-5-4-6-8-14)11-9-15-13-16-10-12-17(15)2/h4-8,15-16H,3,9-13H2,1-2H3. The maximum atomic E-state index is 3.49. The van der Waals surface area contributed by atoms with Crippen LogP contribution in [0.25, 0.3) is 0 Å². The second-order valence-electron chi connectivity index (χ2n) is 5.04. The minimum Gasteiger partial charge on any atom is -0.372 e. The first-order valence-corrected chi connectivity index (χ1v) is 7.02. The van der Waals surface area contributed by atoms with Gasteiger partial charge in [0.05, 0.1) is 0 Å². The van der Waals surface area contributed by atoms with Crippen LogP contribution in [-0.2, 0) is 0 Å². The maximum Gasteiger partial charge on any atom is 0.0366 e. The monoisotopic (exact) mass is 247 g/mol. The number of likely N-dealkylation sites (N-methyl/N-ethyl adjacent to an activating group) is 1. The van der Waals surface area contributed by atoms with Crippen molar-refractivity contribution < 1.29 is 0 Å². The van der Waals surface area contributed by atoms with Crippen LogP contribution in [-0.4, -0.2) is 50.7 Å². The quantitative estimate of drug-likeness (QED) is 0.856. The number of hydrogen-bond acceptors (Lipinski definition) is 3. The van der Waals surface area contributed by atoms with Crippen LogP contribution in [0.4, 0.5) is 5.69 Å². The van der Waals surface area contributed by atoms with Crippen molar-refractivity contribution in [3.8, 4) is 0 Å². The van der Waals surface area contributed by atoms with Gasteiger partial charge in [0.2, 0.25) is 0 Å². The topological polar surface area (TPSA) is 18.5 Å². The van der Waals surface area contributed by atoms with E-state index in [4.69, 9.17) is 0 Å². The Morgan fingerprint density at radius 3 is 2.78 bits per heavy atom. The van der Waals surface area contributed by atoms with Gasteiger partial charge in [0, 0.05) is 44.5 Å². The van der Waals surface area contributed by atoms with Crippen molar-refractivity contribution in [1.29, 1.82) is 0 Å². The first-order chi connectivity index (χ1) is 8.81. The highest BCUT2D eigenvalue weighted by Crippen LogP contribution is 2.14. The molecule has 0 aliphatic carbocycles. The maximum absolute atomic E-state index is 3.49. The molecule has 0 amide bonds. The normalized spacial score (nSPS) is 20.9. The molecule has 1 aromatic carbocycles. The zero-order valence-electron chi connectivity index (χ0n) is 11.6. The van der Waals surface area contributed by atoms with Gasteiger partial charge in [-0.05, 0) is 32.5 Å². The van der Waals surface area contributed by atoms with Crippen LogP contribution in [0.2, 0.25) is 0 Å². The van der Waals surface area contributed by atoms with E-state index in [0.29, 0.717) is 6.04 Å². The van der Waals surface area contributed by atoms with Crippen molar-refractivity contribution in [2.45, 2.75) is 19.4 Å². The molecule has 1 fully saturated rings. The summed E-state index contributed by atoms with van der Waals surface area (Å²) in [5.74, 6) is 0. The Kier molecular flexibility index (Phi) is 5.02. The average molecular weight is 247 g/mol. The molecule has 0 radical (unpaired) electrons. The summed E-state index contributed by atoms with van der Waals surface area (Å²) < 4.78 is 0. The van der Waals surface area contributed by atoms with Gasteiger partial charge in [0.15, 0.2) is 0 Å². The van der Waals surface area contributed by atoms with Gasteiger partial charge < -0.3 is 15.1 Å². The highest BCUT2D eigenvalue weighted by molar-refractivity contribution is 5.45. The summed E-state index contributed by atoms with van der Waals surface area (Å²) in [4.78, 5) is 4.94. The Hall–Kier alpha value is -1.06. The molecule has 1 heterocycles. The molecule has 3 nitrogen and oxygen atoms in total. The highest BCUT2D eigenvalue weighted by Gasteiger charge is 2.18. The molecule has 100 valence electrons. The van der Waals surface area contributed by atoms with E-state index in [2.05, 4.69) is 59.4 Å². The smallest absolute Gasteiger partial charge is 0.0366 e. The predicted octanol–water partition coefficient (Wildman–Crippen LogP) is 1.81. The van der Waals surface area contributed by atoms with Gasteiger partial charge in [-0.3, -0.25) is 0 Å². The Balaban J connectivity index is 1.87. The van der Waals surface area contributed by atoms with E-state index in [1.54, 1.807) is 0 Å². The summed E-state index contributed by atoms with van der Waals surface area (Å²) in [5.41, 5.74) is 1.34. The molecule has 1 N–H and O–H groups in total. The molecule has 0 spiro atoms. The van der Waals surface area contributed by atoms with Gasteiger partial charge in [-0.15, -0.1) is 0 Å². The van der Waals surface area contributed by atoms with Gasteiger partial charge in [-0.2, -0.15) is 0 Å². The molecule has 0 saturated carbocycles. The van der Waals surface area contributed by atoms with Crippen molar-refractivity contribution >= 4 is 5.69 Å². The number of anilines is 1. The summed E-state index contributed by atoms with van der Waals surface area (Å²) in [6.45, 7) is 7.87. The fraction of sp³-hybridized carbons (Fsp3) is 0.600. The third-order valence-corrected chi connectivity index (χ3v) is 3.88. The first-order valence-electron chi connectivity index (χ1n) is 7.02. The number of nitrogens with zero attached hydrogens (tertiary/aromatic N) is 2. The highest BCUT2D eigenvalue weighted by atomic mass is 15.2. The third-order valence-electron chi connectivity index (χ3n) is 3.88. The van der Waals surface area contributed by atoms with E-state index in [0.717, 1.165) is 26.2 Å². The molecule has 1 aliphatic heterocycles. The third kappa shape index (κ3) is 3.47. The zero-order chi connectivity index (χ0) is 12.8. The van der Waals surface area contributed by atoms with Crippen LogP contribution < -0.4 is 10.2 Å². The molecule has 1 aromatic rings. The van der Waals surface area contributed by atoms with Crippen molar-refractivity contribution in [3.05, 3.63) is 30.3 Å². The molecule has 3 heteroatoms. The molecule has 1 aliphatic rings. The first kappa shape index (κ1) is 13.4. The van der Waals surface area contributed by atoms with Crippen molar-refractivity contribution in [3.63, 3.8) is 0 Å². The van der Waals surface area contributed by atoms with Crippen LogP contribution in [0.15, 0.2) is 30.3 Å². The Labute approximate surface area is 111 Å². The second-order valence-corrected chi connectivity index (χ2v) is 5.04. The fourth-order valence-electron chi connectivity index (χ4n) is 2.60. The SMILES string of the molecule is CCN(CCC1CNCCN1C)c1ccccc1. The van der Waals surface area contributed by atoms with Crippen molar-refractivity contribution in [2.75, 3.05) is 44.7 Å². The molecular weight excluding hydrogens is 222 g/mol. The lowest BCUT2D eigenvalue weighted by molar-refractivity contribution is 0.192. The molecule has 1 unspecified atom stereocenters. The van der Waals surface area contributed by atoms with Gasteiger partial charge in [0.25, 0.3) is 0 Å². The Bertz CT molecular complexity index is 339. The van der Waals surface area contributed by atoms with Crippen LogP contribution in [0, 0.1) is 0 Å². The number of benzene rings is 1. The van der Waals surface area contributed by atoms with E-state index < -0.39 is 0 Å². The zero-order valence-corrected chi connectivity index (χ0v) is 11.6. The minimum atomic E-state index is 0.677. The number of nitrogens with one attached hydrogen (secondary N) is 1. The molecular formula is C15H25N3. The largest absolute Gasteiger partial charge is 0.372 e. The number of piperazine rings is 1. The lowest BCUT2D eigenvalue weighted by Crippen LogP contribution is -2.50. The number of rotatable bonds is 5. The Morgan fingerprint density at radius 2 is 2.11 bits per heavy atom. The predicted molar refractivity (Wildman–Crippen MR) is 78.2 cm³/mol. The molecule has 1 saturated heterocycles. The van der Waals surface area contributed by atoms with Crippen molar-refractivity contribution in [1.82, 2.24) is 10.2 Å². The number of hydrogen-bond donors (Lipinski definition) is 1. The average Bonchev–Trinajstić information content (AvgIpc) is 2.42. The van der Waals surface area contributed by atoms with Crippen LogP contribution >= 0.6 is 0 Å². The summed E-state index contributed by atoms with van der Waals surface area (Å²) in [7, 11) is 2.24. The molecule has 1 atom stereocenters. The molecule has 0 bridgehead atoms. The minimum absolute atomic E-state index is 0.677. The van der Waals surface area contributed by atoms with Gasteiger partial charge >= 0.3 is 0 Å². The van der Waals surface area contributed by atoms with E-state index in [1.807, 2.05) is 0 Å². The van der Waals surface area contributed by atoms with E-state index in [-0.39, 0.29) is 0 Å². The summed E-state index contributed by atoms with van der Waals surface area (Å²) in [5, 5.41) is 3.49. The Morgan fingerprint density at radius 1 is 1.33 bits per heavy atom. The second kappa shape index (κ2) is 6.76. The van der Waals surface area contributed by atoms with Crippen LogP contribution in [0.3, 0.4) is 0 Å². The van der Waals surface area contributed by atoms with E-state index in [9.17, 15) is 0 Å². The lowest BCUT2D eigenvalue weighted by Gasteiger charge is -2.35. The van der Waals surface area contributed by atoms with Crippen LogP contribution in [0.5, 0.6) is 0 Å². The van der Waals surface area contributed by atoms with Crippen LogP contribution in [0.1, 0.15) is 13.3 Å². The lowest BCUT2D eigenvalue weighted by atomic mass is 10.1.